The number of aryl methyl sites for hydroxylation is 1. The number of amides is 2. The van der Waals surface area contributed by atoms with Gasteiger partial charge in [-0.1, -0.05) is 11.6 Å². The van der Waals surface area contributed by atoms with Gasteiger partial charge in [0.05, 0.1) is 11.1 Å². The molecule has 1 fully saturated rings. The molecule has 1 saturated heterocycles. The van der Waals surface area contributed by atoms with E-state index in [4.69, 9.17) is 0 Å². The molecule has 0 aromatic heterocycles. The van der Waals surface area contributed by atoms with Crippen LogP contribution in [-0.2, 0) is 0 Å². The van der Waals surface area contributed by atoms with Gasteiger partial charge in [0, 0.05) is 13.1 Å². The Morgan fingerprint density at radius 2 is 1.68 bits per heavy atom. The highest BCUT2D eigenvalue weighted by Gasteiger charge is 2.35. The number of carbonyl (C=O) groups excluding carboxylic acids is 2. The molecule has 2 amide bonds. The Labute approximate surface area is 113 Å². The molecular weight excluding hydrogens is 240 g/mol. The van der Waals surface area contributed by atoms with E-state index in [2.05, 4.69) is 4.90 Å². The summed E-state index contributed by atoms with van der Waals surface area (Å²) < 4.78 is 0. The zero-order chi connectivity index (χ0) is 13.4. The maximum atomic E-state index is 12.3. The number of benzene rings is 1. The normalized spacial score (nSPS) is 19.3. The van der Waals surface area contributed by atoms with Crippen molar-refractivity contribution in [3.8, 4) is 0 Å². The van der Waals surface area contributed by atoms with Gasteiger partial charge in [-0.2, -0.15) is 0 Å². The topological polar surface area (TPSA) is 40.6 Å². The predicted octanol–water partition coefficient (Wildman–Crippen LogP) is 1.69. The minimum absolute atomic E-state index is 0.136. The lowest BCUT2D eigenvalue weighted by atomic mass is 10.1. The lowest BCUT2D eigenvalue weighted by Gasteiger charge is -2.19. The molecule has 1 aromatic carbocycles. The van der Waals surface area contributed by atoms with Crippen LogP contribution < -0.4 is 0 Å². The van der Waals surface area contributed by atoms with Gasteiger partial charge in [-0.05, 0) is 45.0 Å². The second-order valence-electron chi connectivity index (χ2n) is 5.36. The summed E-state index contributed by atoms with van der Waals surface area (Å²) in [7, 11) is 0. The highest BCUT2D eigenvalue weighted by Crippen LogP contribution is 2.23. The number of hydrogen-bond acceptors (Lipinski definition) is 3. The Bertz CT molecular complexity index is 533. The van der Waals surface area contributed by atoms with E-state index < -0.39 is 0 Å². The first-order valence-corrected chi connectivity index (χ1v) is 6.86. The summed E-state index contributed by atoms with van der Waals surface area (Å²) in [5, 5.41) is 0. The Balaban J connectivity index is 1.74. The molecule has 0 unspecified atom stereocenters. The van der Waals surface area contributed by atoms with Crippen LogP contribution in [0.4, 0.5) is 0 Å². The van der Waals surface area contributed by atoms with Gasteiger partial charge >= 0.3 is 0 Å². The van der Waals surface area contributed by atoms with E-state index in [9.17, 15) is 9.59 Å². The van der Waals surface area contributed by atoms with Gasteiger partial charge in [0.2, 0.25) is 0 Å². The zero-order valence-electron chi connectivity index (χ0n) is 11.2. The molecule has 0 N–H and O–H groups in total. The highest BCUT2D eigenvalue weighted by molar-refractivity contribution is 6.21. The third-order valence-electron chi connectivity index (χ3n) is 3.96. The zero-order valence-corrected chi connectivity index (χ0v) is 11.2. The van der Waals surface area contributed by atoms with Gasteiger partial charge in [-0.25, -0.2) is 0 Å². The first kappa shape index (κ1) is 12.4. The van der Waals surface area contributed by atoms with E-state index in [1.165, 1.54) is 17.7 Å². The second-order valence-corrected chi connectivity index (χ2v) is 5.36. The average Bonchev–Trinajstić information content (AvgIpc) is 2.98. The van der Waals surface area contributed by atoms with Crippen molar-refractivity contribution in [3.05, 3.63) is 34.9 Å². The lowest BCUT2D eigenvalue weighted by molar-refractivity contribution is 0.0640. The quantitative estimate of drug-likeness (QED) is 0.775. The summed E-state index contributed by atoms with van der Waals surface area (Å²) in [6, 6.07) is 5.46. The monoisotopic (exact) mass is 258 g/mol. The van der Waals surface area contributed by atoms with Crippen LogP contribution in [0.15, 0.2) is 18.2 Å². The van der Waals surface area contributed by atoms with Gasteiger partial charge in [0.25, 0.3) is 11.8 Å². The lowest BCUT2D eigenvalue weighted by Crippen LogP contribution is -2.37. The fourth-order valence-corrected chi connectivity index (χ4v) is 2.86. The molecule has 0 saturated carbocycles. The molecule has 2 aliphatic rings. The van der Waals surface area contributed by atoms with Crippen molar-refractivity contribution in [2.45, 2.75) is 19.8 Å². The Hall–Kier alpha value is -1.68. The number of carbonyl (C=O) groups is 2. The van der Waals surface area contributed by atoms with Gasteiger partial charge in [0.15, 0.2) is 0 Å². The Kier molecular flexibility index (Phi) is 3.11. The molecule has 2 aliphatic heterocycles. The van der Waals surface area contributed by atoms with E-state index in [0.29, 0.717) is 17.7 Å². The molecule has 2 heterocycles. The second kappa shape index (κ2) is 4.78. The maximum absolute atomic E-state index is 12.3. The third-order valence-corrected chi connectivity index (χ3v) is 3.96. The van der Waals surface area contributed by atoms with Crippen molar-refractivity contribution < 1.29 is 9.59 Å². The number of hydrogen-bond donors (Lipinski definition) is 0. The van der Waals surface area contributed by atoms with Crippen molar-refractivity contribution in [1.82, 2.24) is 9.80 Å². The minimum atomic E-state index is -0.140. The standard InChI is InChI=1S/C15H18N2O2/c1-11-4-5-12-13(10-11)15(19)17(14(12)18)9-8-16-6-2-3-7-16/h4-5,10H,2-3,6-9H2,1H3. The van der Waals surface area contributed by atoms with Gasteiger partial charge in [0.1, 0.15) is 0 Å². The van der Waals surface area contributed by atoms with Crippen molar-refractivity contribution in [1.29, 1.82) is 0 Å². The summed E-state index contributed by atoms with van der Waals surface area (Å²) in [6.07, 6.45) is 2.45. The van der Waals surface area contributed by atoms with E-state index in [0.717, 1.165) is 25.2 Å². The minimum Gasteiger partial charge on any atom is -0.302 e. The van der Waals surface area contributed by atoms with Crippen molar-refractivity contribution in [2.75, 3.05) is 26.2 Å². The van der Waals surface area contributed by atoms with Crippen LogP contribution in [0.25, 0.3) is 0 Å². The van der Waals surface area contributed by atoms with Crippen LogP contribution in [0.3, 0.4) is 0 Å². The first-order valence-electron chi connectivity index (χ1n) is 6.86. The average molecular weight is 258 g/mol. The molecule has 0 atom stereocenters. The third kappa shape index (κ3) is 2.16. The maximum Gasteiger partial charge on any atom is 0.261 e. The van der Waals surface area contributed by atoms with Crippen LogP contribution in [0.5, 0.6) is 0 Å². The fourth-order valence-electron chi connectivity index (χ4n) is 2.86. The molecule has 0 spiro atoms. The molecule has 0 radical (unpaired) electrons. The summed E-state index contributed by atoms with van der Waals surface area (Å²) in [4.78, 5) is 28.2. The first-order chi connectivity index (χ1) is 9.16. The molecule has 4 nitrogen and oxygen atoms in total. The van der Waals surface area contributed by atoms with Crippen LogP contribution >= 0.6 is 0 Å². The molecule has 4 heteroatoms. The smallest absolute Gasteiger partial charge is 0.261 e. The van der Waals surface area contributed by atoms with E-state index in [1.807, 2.05) is 19.1 Å². The van der Waals surface area contributed by atoms with E-state index in [-0.39, 0.29) is 11.8 Å². The molecule has 1 aromatic rings. The number of fused-ring (bicyclic) bond motifs is 1. The summed E-state index contributed by atoms with van der Waals surface area (Å²) in [5.41, 5.74) is 2.13. The van der Waals surface area contributed by atoms with E-state index >= 15 is 0 Å². The fraction of sp³-hybridized carbons (Fsp3) is 0.467. The Morgan fingerprint density at radius 1 is 1.00 bits per heavy atom. The summed E-state index contributed by atoms with van der Waals surface area (Å²) in [5.74, 6) is -0.276. The highest BCUT2D eigenvalue weighted by atomic mass is 16.2. The molecular formula is C15H18N2O2. The molecule has 3 rings (SSSR count). The van der Waals surface area contributed by atoms with Crippen molar-refractivity contribution in [3.63, 3.8) is 0 Å². The predicted molar refractivity (Wildman–Crippen MR) is 72.2 cm³/mol. The molecule has 0 bridgehead atoms. The van der Waals surface area contributed by atoms with Crippen LogP contribution in [0.1, 0.15) is 39.1 Å². The van der Waals surface area contributed by atoms with Crippen molar-refractivity contribution >= 4 is 11.8 Å². The number of imide groups is 1. The molecule has 19 heavy (non-hydrogen) atoms. The molecule has 100 valence electrons. The number of nitrogens with zero attached hydrogens (tertiary/aromatic N) is 2. The summed E-state index contributed by atoms with van der Waals surface area (Å²) in [6.45, 7) is 5.41. The van der Waals surface area contributed by atoms with Crippen LogP contribution in [-0.4, -0.2) is 47.8 Å². The largest absolute Gasteiger partial charge is 0.302 e. The number of likely N-dealkylation sites (tertiary alicyclic amines) is 1. The van der Waals surface area contributed by atoms with Gasteiger partial charge < -0.3 is 4.90 Å². The van der Waals surface area contributed by atoms with Crippen LogP contribution in [0.2, 0.25) is 0 Å². The molecule has 0 aliphatic carbocycles. The van der Waals surface area contributed by atoms with Gasteiger partial charge in [-0.15, -0.1) is 0 Å². The number of rotatable bonds is 3. The van der Waals surface area contributed by atoms with E-state index in [1.54, 1.807) is 6.07 Å². The SMILES string of the molecule is Cc1ccc2c(c1)C(=O)N(CCN1CCCC1)C2=O. The van der Waals surface area contributed by atoms with Crippen molar-refractivity contribution in [2.24, 2.45) is 0 Å². The van der Waals surface area contributed by atoms with Gasteiger partial charge in [-0.3, -0.25) is 14.5 Å². The summed E-state index contributed by atoms with van der Waals surface area (Å²) >= 11 is 0. The van der Waals surface area contributed by atoms with Crippen LogP contribution in [0, 0.1) is 6.92 Å². The Morgan fingerprint density at radius 3 is 2.42 bits per heavy atom.